The molecule has 2 aliphatic rings. The molecule has 1 aliphatic heterocycles. The van der Waals surface area contributed by atoms with Crippen LogP contribution in [0.1, 0.15) is 55.5 Å². The summed E-state index contributed by atoms with van der Waals surface area (Å²) in [4.78, 5) is 31.5. The van der Waals surface area contributed by atoms with Crippen molar-refractivity contribution in [1.82, 2.24) is 14.6 Å². The van der Waals surface area contributed by atoms with Crippen LogP contribution in [-0.4, -0.2) is 41.4 Å². The van der Waals surface area contributed by atoms with Gasteiger partial charge in [0.05, 0.1) is 23.9 Å². The number of carbonyl (C=O) groups is 2. The first-order chi connectivity index (χ1) is 18.6. The van der Waals surface area contributed by atoms with Gasteiger partial charge < -0.3 is 9.47 Å². The van der Waals surface area contributed by atoms with E-state index in [1.807, 2.05) is 0 Å². The molecule has 2 aromatic rings. The van der Waals surface area contributed by atoms with Gasteiger partial charge in [-0.05, 0) is 57.4 Å². The van der Waals surface area contributed by atoms with Crippen LogP contribution in [0, 0.1) is 5.92 Å². The summed E-state index contributed by atoms with van der Waals surface area (Å²) in [6.07, 6.45) is -10.5. The second-order valence-electron chi connectivity index (χ2n) is 10.1. The molecular weight excluding hydrogens is 568 g/mol. The number of quaternary nitrogens is 1. The van der Waals surface area contributed by atoms with E-state index in [-0.39, 0.29) is 35.7 Å². The van der Waals surface area contributed by atoms with Crippen LogP contribution in [0.25, 0.3) is 0 Å². The molecule has 40 heavy (non-hydrogen) atoms. The number of aryl methyl sites for hydroxylation is 1. The monoisotopic (exact) mass is 594 g/mol. The number of pyridine rings is 1. The minimum atomic E-state index is -4.79. The zero-order valence-corrected chi connectivity index (χ0v) is 22.5. The lowest BCUT2D eigenvalue weighted by Crippen LogP contribution is -2.73. The molecule has 2 amide bonds. The molecule has 218 valence electrons. The smallest absolute Gasteiger partial charge is 0.450 e. The van der Waals surface area contributed by atoms with Crippen molar-refractivity contribution in [2.24, 2.45) is 5.92 Å². The maximum atomic E-state index is 14.1. The van der Waals surface area contributed by atoms with Gasteiger partial charge in [0.25, 0.3) is 0 Å². The Balaban J connectivity index is 1.99. The van der Waals surface area contributed by atoms with Crippen LogP contribution in [0.3, 0.4) is 0 Å². The summed E-state index contributed by atoms with van der Waals surface area (Å²) in [6.45, 7) is 2.44. The third kappa shape index (κ3) is 5.71. The average Bonchev–Trinajstić information content (AvgIpc) is 3.69. The summed E-state index contributed by atoms with van der Waals surface area (Å²) >= 11 is 5.89. The molecule has 0 radical (unpaired) electrons. The second kappa shape index (κ2) is 10.7. The summed E-state index contributed by atoms with van der Waals surface area (Å²) in [5, 5.41) is 0.371. The van der Waals surface area contributed by atoms with Crippen molar-refractivity contribution in [3.63, 3.8) is 0 Å². The second-order valence-corrected chi connectivity index (χ2v) is 10.5. The number of benzene rings is 1. The lowest BCUT2D eigenvalue weighted by atomic mass is 9.90. The highest BCUT2D eigenvalue weighted by molar-refractivity contribution is 6.29. The third-order valence-corrected chi connectivity index (χ3v) is 7.19. The summed E-state index contributed by atoms with van der Waals surface area (Å²) in [5.41, 5.74) is -2.19. The molecule has 1 fully saturated rings. The molecule has 1 aliphatic carbocycles. The van der Waals surface area contributed by atoms with Crippen LogP contribution in [0.2, 0.25) is 5.15 Å². The molecule has 0 N–H and O–H groups in total. The van der Waals surface area contributed by atoms with Gasteiger partial charge in [-0.3, -0.25) is 0 Å². The predicted octanol–water partition coefficient (Wildman–Crippen LogP) is 7.53. The number of ether oxygens (including phenoxy) is 2. The Bertz CT molecular complexity index is 1300. The van der Waals surface area contributed by atoms with Crippen molar-refractivity contribution < 1.29 is 45.4 Å². The number of amides is 2. The van der Waals surface area contributed by atoms with E-state index in [9.17, 15) is 35.9 Å². The van der Waals surface area contributed by atoms with Crippen molar-refractivity contribution >= 4 is 29.5 Å². The predicted molar refractivity (Wildman–Crippen MR) is 132 cm³/mol. The number of carbonyl (C=O) groups excluding carboxylic acids is 2. The summed E-state index contributed by atoms with van der Waals surface area (Å²) < 4.78 is 91.1. The molecule has 14 heteroatoms. The number of nitrogens with zero attached hydrogens (tertiary/aromatic N) is 3. The van der Waals surface area contributed by atoms with Gasteiger partial charge in [0.15, 0.2) is 5.69 Å². The maximum Gasteiger partial charge on any atom is 0.547 e. The highest BCUT2D eigenvalue weighted by Crippen LogP contribution is 2.50. The molecule has 1 aromatic heterocycles. The number of aromatic nitrogens is 1. The van der Waals surface area contributed by atoms with Crippen LogP contribution in [0.4, 0.5) is 41.6 Å². The summed E-state index contributed by atoms with van der Waals surface area (Å²) in [5.74, 6) is -0.111. The third-order valence-electron chi connectivity index (χ3n) is 7.00. The van der Waals surface area contributed by atoms with Gasteiger partial charge in [0.2, 0.25) is 0 Å². The number of alkyl halides is 6. The maximum absolute atomic E-state index is 14.1. The Kier molecular flexibility index (Phi) is 8.03. The summed E-state index contributed by atoms with van der Waals surface area (Å²) in [7, 11) is 1.02. The van der Waals surface area contributed by atoms with Gasteiger partial charge in [-0.15, -0.1) is 5.01 Å². The zero-order valence-electron chi connectivity index (χ0n) is 21.8. The van der Waals surface area contributed by atoms with Gasteiger partial charge in [0.1, 0.15) is 23.8 Å². The molecule has 0 bridgehead atoms. The Morgan fingerprint density at radius 2 is 1.70 bits per heavy atom. The highest BCUT2D eigenvalue weighted by Gasteiger charge is 2.63. The quantitative estimate of drug-likeness (QED) is 0.208. The number of hydrogen-bond acceptors (Lipinski definition) is 5. The lowest BCUT2D eigenvalue weighted by Gasteiger charge is -2.48. The standard InChI is InChI=1S/C26H27ClF6N3O4/c1-14(2)40-24(38)36(35(23(37)39-3)13-19-11-18(26(31,32)33)12-22(27)34-19)20(15-4-5-15)8-6-16-10-17(25(28,29)30)7-9-21(16)36/h7,9-12,14-15,20H,4-6,8,13H2,1-3H3/q+1/t20-,36-/m1/s1. The fraction of sp³-hybridized carbons (Fsp3) is 0.500. The molecule has 0 unspecified atom stereocenters. The molecule has 4 rings (SSSR count). The Morgan fingerprint density at radius 3 is 2.25 bits per heavy atom. The van der Waals surface area contributed by atoms with E-state index in [1.165, 1.54) is 0 Å². The van der Waals surface area contributed by atoms with Crippen molar-refractivity contribution in [3.05, 3.63) is 57.9 Å². The van der Waals surface area contributed by atoms with E-state index in [1.54, 1.807) is 13.8 Å². The Morgan fingerprint density at radius 1 is 1.05 bits per heavy atom. The van der Waals surface area contributed by atoms with Crippen LogP contribution in [0.15, 0.2) is 30.3 Å². The van der Waals surface area contributed by atoms with Gasteiger partial charge in [0, 0.05) is 24.0 Å². The van der Waals surface area contributed by atoms with Crippen molar-refractivity contribution in [1.29, 1.82) is 0 Å². The lowest BCUT2D eigenvalue weighted by molar-refractivity contribution is -0.138. The van der Waals surface area contributed by atoms with Crippen LogP contribution in [0.5, 0.6) is 0 Å². The van der Waals surface area contributed by atoms with Crippen molar-refractivity contribution in [2.45, 2.75) is 70.6 Å². The average molecular weight is 595 g/mol. The van der Waals surface area contributed by atoms with E-state index in [0.717, 1.165) is 30.3 Å². The molecule has 2 atom stereocenters. The van der Waals surface area contributed by atoms with Crippen molar-refractivity contribution in [2.75, 3.05) is 7.11 Å². The van der Waals surface area contributed by atoms with Crippen LogP contribution in [-0.2, 0) is 34.8 Å². The zero-order chi connectivity index (χ0) is 29.6. The van der Waals surface area contributed by atoms with Crippen molar-refractivity contribution in [3.8, 4) is 0 Å². The number of halogens is 7. The number of fused-ring (bicyclic) bond motifs is 1. The first-order valence-corrected chi connectivity index (χ1v) is 12.9. The van der Waals surface area contributed by atoms with Crippen LogP contribution < -0.4 is 4.59 Å². The highest BCUT2D eigenvalue weighted by atomic mass is 35.5. The topological polar surface area (TPSA) is 68.7 Å². The molecule has 1 saturated carbocycles. The van der Waals surface area contributed by atoms with E-state index >= 15 is 0 Å². The fourth-order valence-electron chi connectivity index (χ4n) is 5.27. The SMILES string of the molecule is COC(=O)N(Cc1cc(C(F)(F)F)cc(Cl)n1)[N@@+]1(C(=O)OC(C)C)c2ccc(C(F)(F)F)cc2CC[C@@H]1C1CC1. The number of rotatable bonds is 4. The normalized spacial score (nSPS) is 21.1. The van der Waals surface area contributed by atoms with Crippen LogP contribution >= 0.6 is 11.6 Å². The summed E-state index contributed by atoms with van der Waals surface area (Å²) in [6, 6.07) is 3.48. The molecular formula is C26H27ClF6N3O4+. The first-order valence-electron chi connectivity index (χ1n) is 12.5. The molecule has 1 aromatic carbocycles. The minimum Gasteiger partial charge on any atom is -0.450 e. The van der Waals surface area contributed by atoms with E-state index < -0.39 is 64.1 Å². The van der Waals surface area contributed by atoms with E-state index in [2.05, 4.69) is 4.98 Å². The Hall–Kier alpha value is -3.06. The van der Waals surface area contributed by atoms with Gasteiger partial charge >= 0.3 is 24.5 Å². The van der Waals surface area contributed by atoms with E-state index in [4.69, 9.17) is 21.1 Å². The van der Waals surface area contributed by atoms with Gasteiger partial charge in [-0.25, -0.2) is 9.78 Å². The fourth-order valence-corrected chi connectivity index (χ4v) is 5.49. The Labute approximate surface area is 231 Å². The van der Waals surface area contributed by atoms with E-state index in [0.29, 0.717) is 25.0 Å². The van der Waals surface area contributed by atoms with Gasteiger partial charge in [-0.1, -0.05) is 16.2 Å². The minimum absolute atomic E-state index is 0.0465. The molecule has 0 spiro atoms. The first kappa shape index (κ1) is 29.9. The number of methoxy groups -OCH3 is 1. The number of hydrogen-bond donors (Lipinski definition) is 0. The molecule has 2 heterocycles. The molecule has 0 saturated heterocycles. The van der Waals surface area contributed by atoms with Gasteiger partial charge in [-0.2, -0.15) is 31.1 Å². The molecule has 7 nitrogen and oxygen atoms in total. The largest absolute Gasteiger partial charge is 0.547 e.